The minimum atomic E-state index is -0.0879. The van der Waals surface area contributed by atoms with E-state index in [0.717, 1.165) is 49.7 Å². The normalized spacial score (nSPS) is 19.2. The van der Waals surface area contributed by atoms with Gasteiger partial charge in [0.05, 0.1) is 6.42 Å². The number of Topliss-reactive ketones (excluding diaryl/α,β-unsaturated/α-hetero) is 3. The highest BCUT2D eigenvalue weighted by atomic mass is 16.1. The van der Waals surface area contributed by atoms with E-state index in [1.165, 1.54) is 29.2 Å². The molecule has 3 atom stereocenters. The third-order valence-corrected chi connectivity index (χ3v) is 7.82. The molecule has 0 amide bonds. The number of hydrogen-bond acceptors (Lipinski definition) is 3. The van der Waals surface area contributed by atoms with Gasteiger partial charge in [-0.05, 0) is 85.1 Å². The summed E-state index contributed by atoms with van der Waals surface area (Å²) in [6.45, 7) is 12.3. The maximum Gasteiger partial charge on any atom is 0.163 e. The SMILES string of the molecule is CCCC(CC1CC(=O)c2c(C)c(C3=CCC=C3)cc(C(C)C)c2C1)C(CC)C(=O)CC(C)=O. The summed E-state index contributed by atoms with van der Waals surface area (Å²) in [5.41, 5.74) is 7.03. The summed E-state index contributed by atoms with van der Waals surface area (Å²) in [5.74, 6) is 1.03. The Morgan fingerprint density at radius 2 is 1.88 bits per heavy atom. The van der Waals surface area contributed by atoms with Crippen LogP contribution < -0.4 is 0 Å². The van der Waals surface area contributed by atoms with Gasteiger partial charge in [0.15, 0.2) is 5.78 Å². The van der Waals surface area contributed by atoms with E-state index in [-0.39, 0.29) is 41.5 Å². The number of rotatable bonds is 11. The van der Waals surface area contributed by atoms with E-state index in [9.17, 15) is 14.4 Å². The number of hydrogen-bond donors (Lipinski definition) is 0. The summed E-state index contributed by atoms with van der Waals surface area (Å²) in [5, 5.41) is 0. The first-order valence-corrected chi connectivity index (χ1v) is 13.3. The van der Waals surface area contributed by atoms with Crippen LogP contribution in [-0.4, -0.2) is 17.3 Å². The standard InChI is InChI=1S/C31H42O3/c1-7-11-24(25(8-2)29(33)14-20(5)32)15-22-16-28-26(19(3)4)18-27(23-12-9-10-13-23)21(6)31(28)30(34)17-22/h9,12-13,18-19,22,24-25H,7-8,10-11,14-17H2,1-6H3. The maximum atomic E-state index is 13.6. The summed E-state index contributed by atoms with van der Waals surface area (Å²) < 4.78 is 0. The number of carbonyl (C=O) groups excluding carboxylic acids is 3. The molecule has 0 heterocycles. The summed E-state index contributed by atoms with van der Waals surface area (Å²) >= 11 is 0. The fourth-order valence-electron chi connectivity index (χ4n) is 6.30. The second-order valence-corrected chi connectivity index (χ2v) is 10.8. The quantitative estimate of drug-likeness (QED) is 0.318. The van der Waals surface area contributed by atoms with Gasteiger partial charge in [0.2, 0.25) is 0 Å². The highest BCUT2D eigenvalue weighted by molar-refractivity contribution is 6.02. The van der Waals surface area contributed by atoms with Crippen molar-refractivity contribution < 1.29 is 14.4 Å². The van der Waals surface area contributed by atoms with Gasteiger partial charge in [0.25, 0.3) is 0 Å². The predicted molar refractivity (Wildman–Crippen MR) is 140 cm³/mol. The zero-order chi connectivity index (χ0) is 25.0. The molecule has 0 saturated carbocycles. The molecule has 0 aromatic heterocycles. The summed E-state index contributed by atoms with van der Waals surface area (Å²) in [7, 11) is 0. The van der Waals surface area contributed by atoms with Crippen LogP contribution in [0.5, 0.6) is 0 Å². The first-order chi connectivity index (χ1) is 16.2. The molecule has 1 aromatic carbocycles. The summed E-state index contributed by atoms with van der Waals surface area (Å²) in [4.78, 5) is 38.0. The molecule has 0 fully saturated rings. The molecule has 0 saturated heterocycles. The van der Waals surface area contributed by atoms with Gasteiger partial charge >= 0.3 is 0 Å². The van der Waals surface area contributed by atoms with Crippen molar-refractivity contribution in [2.45, 2.75) is 98.8 Å². The second kappa shape index (κ2) is 11.4. The number of allylic oxidation sites excluding steroid dienone is 4. The van der Waals surface area contributed by atoms with Crippen molar-refractivity contribution in [1.29, 1.82) is 0 Å². The van der Waals surface area contributed by atoms with Crippen molar-refractivity contribution in [2.75, 3.05) is 0 Å². The van der Waals surface area contributed by atoms with Crippen molar-refractivity contribution in [1.82, 2.24) is 0 Å². The van der Waals surface area contributed by atoms with Gasteiger partial charge < -0.3 is 0 Å². The van der Waals surface area contributed by atoms with E-state index < -0.39 is 0 Å². The minimum absolute atomic E-state index is 0.0366. The predicted octanol–water partition coefficient (Wildman–Crippen LogP) is 7.59. The molecule has 1 aromatic rings. The highest BCUT2D eigenvalue weighted by Crippen LogP contribution is 2.41. The van der Waals surface area contributed by atoms with Crippen LogP contribution in [0.4, 0.5) is 0 Å². The van der Waals surface area contributed by atoms with Crippen LogP contribution in [0.2, 0.25) is 0 Å². The van der Waals surface area contributed by atoms with Crippen LogP contribution in [0.3, 0.4) is 0 Å². The Morgan fingerprint density at radius 1 is 1.15 bits per heavy atom. The van der Waals surface area contributed by atoms with Gasteiger partial charge in [-0.3, -0.25) is 14.4 Å². The van der Waals surface area contributed by atoms with Gasteiger partial charge in [-0.25, -0.2) is 0 Å². The molecule has 0 radical (unpaired) electrons. The van der Waals surface area contributed by atoms with Crippen LogP contribution in [0.15, 0.2) is 24.3 Å². The molecule has 184 valence electrons. The van der Waals surface area contributed by atoms with Gasteiger partial charge in [-0.1, -0.05) is 64.8 Å². The molecular formula is C31H42O3. The Kier molecular flexibility index (Phi) is 8.84. The zero-order valence-corrected chi connectivity index (χ0v) is 22.0. The van der Waals surface area contributed by atoms with Crippen molar-refractivity contribution in [3.8, 4) is 0 Å². The fraction of sp³-hybridized carbons (Fsp3) is 0.581. The molecule has 0 bridgehead atoms. The Hall–Kier alpha value is -2.29. The van der Waals surface area contributed by atoms with Crippen molar-refractivity contribution in [2.24, 2.45) is 17.8 Å². The Bertz CT molecular complexity index is 1010. The molecule has 2 aliphatic carbocycles. The van der Waals surface area contributed by atoms with Crippen LogP contribution in [0.25, 0.3) is 5.57 Å². The monoisotopic (exact) mass is 462 g/mol. The van der Waals surface area contributed by atoms with Crippen LogP contribution >= 0.6 is 0 Å². The lowest BCUT2D eigenvalue weighted by molar-refractivity contribution is -0.129. The van der Waals surface area contributed by atoms with Gasteiger partial charge in [0, 0.05) is 17.9 Å². The van der Waals surface area contributed by atoms with Crippen molar-refractivity contribution in [3.63, 3.8) is 0 Å². The van der Waals surface area contributed by atoms with E-state index >= 15 is 0 Å². The first kappa shape index (κ1) is 26.3. The van der Waals surface area contributed by atoms with E-state index in [1.54, 1.807) is 0 Å². The Labute approximate surface area is 206 Å². The van der Waals surface area contributed by atoms with Gasteiger partial charge in [-0.2, -0.15) is 0 Å². The summed E-state index contributed by atoms with van der Waals surface area (Å²) in [6, 6.07) is 2.32. The zero-order valence-electron chi connectivity index (χ0n) is 22.0. The number of ketones is 3. The van der Waals surface area contributed by atoms with Crippen LogP contribution in [0, 0.1) is 24.7 Å². The average Bonchev–Trinajstić information content (AvgIpc) is 3.28. The lowest BCUT2D eigenvalue weighted by Gasteiger charge is -2.33. The molecule has 0 N–H and O–H groups in total. The molecule has 3 rings (SSSR count). The van der Waals surface area contributed by atoms with E-state index in [2.05, 4.69) is 58.9 Å². The summed E-state index contributed by atoms with van der Waals surface area (Å²) in [6.07, 6.45) is 12.7. The van der Waals surface area contributed by atoms with Crippen LogP contribution in [-0.2, 0) is 16.0 Å². The minimum Gasteiger partial charge on any atom is -0.300 e. The van der Waals surface area contributed by atoms with E-state index in [0.29, 0.717) is 12.3 Å². The smallest absolute Gasteiger partial charge is 0.163 e. The van der Waals surface area contributed by atoms with Gasteiger partial charge in [-0.15, -0.1) is 0 Å². The Morgan fingerprint density at radius 3 is 2.44 bits per heavy atom. The lowest BCUT2D eigenvalue weighted by Crippen LogP contribution is -2.30. The molecule has 3 unspecified atom stereocenters. The van der Waals surface area contributed by atoms with Crippen molar-refractivity contribution >= 4 is 22.9 Å². The Balaban J connectivity index is 1.93. The number of benzene rings is 1. The molecule has 2 aliphatic rings. The average molecular weight is 463 g/mol. The number of carbonyl (C=O) groups is 3. The maximum absolute atomic E-state index is 13.6. The van der Waals surface area contributed by atoms with E-state index in [4.69, 9.17) is 0 Å². The fourth-order valence-corrected chi connectivity index (χ4v) is 6.30. The molecule has 0 spiro atoms. The van der Waals surface area contributed by atoms with Gasteiger partial charge in [0.1, 0.15) is 11.6 Å². The lowest BCUT2D eigenvalue weighted by atomic mass is 9.70. The molecule has 34 heavy (non-hydrogen) atoms. The highest BCUT2D eigenvalue weighted by Gasteiger charge is 2.34. The molecular weight excluding hydrogens is 420 g/mol. The second-order valence-electron chi connectivity index (χ2n) is 10.8. The molecule has 3 heteroatoms. The number of fused-ring (bicyclic) bond motifs is 1. The van der Waals surface area contributed by atoms with Crippen LogP contribution in [0.1, 0.15) is 118 Å². The molecule has 0 aliphatic heterocycles. The third-order valence-electron chi connectivity index (χ3n) is 7.82. The molecule has 3 nitrogen and oxygen atoms in total. The topological polar surface area (TPSA) is 51.2 Å². The first-order valence-electron chi connectivity index (χ1n) is 13.3. The third kappa shape index (κ3) is 5.67. The van der Waals surface area contributed by atoms with E-state index in [1.807, 2.05) is 0 Å². The largest absolute Gasteiger partial charge is 0.300 e. The van der Waals surface area contributed by atoms with Crippen molar-refractivity contribution in [3.05, 3.63) is 52.1 Å².